The van der Waals surface area contributed by atoms with Gasteiger partial charge >= 0.3 is 5.97 Å². The Bertz CT molecular complexity index is 402. The van der Waals surface area contributed by atoms with Crippen LogP contribution in [0, 0.1) is 5.41 Å². The van der Waals surface area contributed by atoms with E-state index in [-0.39, 0.29) is 17.6 Å². The Balaban J connectivity index is 2.83. The minimum Gasteiger partial charge on any atom is -0.508 e. The van der Waals surface area contributed by atoms with Gasteiger partial charge in [0.25, 0.3) is 0 Å². The molecule has 0 heterocycles. The monoisotopic (exact) mass is 236 g/mol. The van der Waals surface area contributed by atoms with Gasteiger partial charge in [-0.15, -0.1) is 0 Å². The first-order valence-electron chi connectivity index (χ1n) is 5.80. The van der Waals surface area contributed by atoms with Gasteiger partial charge in [-0.2, -0.15) is 0 Å². The second-order valence-corrected chi connectivity index (χ2v) is 5.59. The Morgan fingerprint density at radius 1 is 1.29 bits per heavy atom. The van der Waals surface area contributed by atoms with Gasteiger partial charge in [0.1, 0.15) is 5.75 Å². The molecule has 0 aliphatic carbocycles. The van der Waals surface area contributed by atoms with Gasteiger partial charge in [0.15, 0.2) is 0 Å². The SMILES string of the molecule is CC(C)(C)Cc1ccc(O)c(CCC(=O)O)c1. The second kappa shape index (κ2) is 5.21. The number of aliphatic carboxylic acids is 1. The number of carboxylic acids is 1. The van der Waals surface area contributed by atoms with E-state index in [0.717, 1.165) is 12.0 Å². The van der Waals surface area contributed by atoms with E-state index in [4.69, 9.17) is 5.11 Å². The van der Waals surface area contributed by atoms with Crippen molar-refractivity contribution in [2.24, 2.45) is 5.41 Å². The molecule has 0 aromatic heterocycles. The van der Waals surface area contributed by atoms with E-state index in [0.29, 0.717) is 12.0 Å². The van der Waals surface area contributed by atoms with Crippen molar-refractivity contribution in [1.82, 2.24) is 0 Å². The summed E-state index contributed by atoms with van der Waals surface area (Å²) in [5, 5.41) is 18.3. The Labute approximate surface area is 102 Å². The van der Waals surface area contributed by atoms with Crippen molar-refractivity contribution in [2.75, 3.05) is 0 Å². The van der Waals surface area contributed by atoms with Gasteiger partial charge in [0, 0.05) is 6.42 Å². The molecule has 0 amide bonds. The van der Waals surface area contributed by atoms with Crippen LogP contribution in [0.5, 0.6) is 5.75 Å². The third-order valence-corrected chi connectivity index (χ3v) is 2.49. The van der Waals surface area contributed by atoms with Crippen LogP contribution >= 0.6 is 0 Å². The molecule has 0 bridgehead atoms. The van der Waals surface area contributed by atoms with Crippen LogP contribution in [0.3, 0.4) is 0 Å². The van der Waals surface area contributed by atoms with Gasteiger partial charge in [-0.3, -0.25) is 4.79 Å². The van der Waals surface area contributed by atoms with Crippen molar-refractivity contribution >= 4 is 5.97 Å². The van der Waals surface area contributed by atoms with E-state index in [2.05, 4.69) is 20.8 Å². The molecule has 0 unspecified atom stereocenters. The van der Waals surface area contributed by atoms with Crippen molar-refractivity contribution in [3.63, 3.8) is 0 Å². The Kier molecular flexibility index (Phi) is 4.16. The Morgan fingerprint density at radius 3 is 2.47 bits per heavy atom. The number of phenolic OH excluding ortho intramolecular Hbond substituents is 1. The van der Waals surface area contributed by atoms with Gasteiger partial charge in [-0.05, 0) is 35.4 Å². The van der Waals surface area contributed by atoms with Crippen molar-refractivity contribution in [3.05, 3.63) is 29.3 Å². The van der Waals surface area contributed by atoms with Crippen LogP contribution in [0.1, 0.15) is 38.3 Å². The fourth-order valence-corrected chi connectivity index (χ4v) is 1.80. The van der Waals surface area contributed by atoms with E-state index in [1.807, 2.05) is 12.1 Å². The number of benzene rings is 1. The lowest BCUT2D eigenvalue weighted by molar-refractivity contribution is -0.136. The summed E-state index contributed by atoms with van der Waals surface area (Å²) >= 11 is 0. The lowest BCUT2D eigenvalue weighted by atomic mass is 9.87. The Morgan fingerprint density at radius 2 is 1.94 bits per heavy atom. The zero-order chi connectivity index (χ0) is 13.1. The maximum absolute atomic E-state index is 10.5. The smallest absolute Gasteiger partial charge is 0.303 e. The number of carboxylic acid groups (broad SMARTS) is 1. The summed E-state index contributed by atoms with van der Waals surface area (Å²) in [5.74, 6) is -0.658. The molecule has 1 rings (SSSR count). The first-order valence-corrected chi connectivity index (χ1v) is 5.80. The predicted octanol–water partition coefficient (Wildman–Crippen LogP) is 3.00. The summed E-state index contributed by atoms with van der Waals surface area (Å²) in [5.41, 5.74) is 2.03. The quantitative estimate of drug-likeness (QED) is 0.845. The summed E-state index contributed by atoms with van der Waals surface area (Å²) in [6.07, 6.45) is 1.33. The standard InChI is InChI=1S/C14H20O3/c1-14(2,3)9-10-4-6-12(15)11(8-10)5-7-13(16)17/h4,6,8,15H,5,7,9H2,1-3H3,(H,16,17). The molecule has 0 atom stereocenters. The highest BCUT2D eigenvalue weighted by atomic mass is 16.4. The molecule has 1 aromatic carbocycles. The molecule has 3 heteroatoms. The number of aryl methyl sites for hydroxylation is 1. The van der Waals surface area contributed by atoms with Crippen molar-refractivity contribution < 1.29 is 15.0 Å². The highest BCUT2D eigenvalue weighted by Crippen LogP contribution is 2.25. The molecule has 0 aliphatic heterocycles. The number of hydrogen-bond acceptors (Lipinski definition) is 2. The molecular weight excluding hydrogens is 216 g/mol. The molecule has 0 saturated heterocycles. The van der Waals surface area contributed by atoms with Crippen molar-refractivity contribution in [2.45, 2.75) is 40.0 Å². The van der Waals surface area contributed by atoms with E-state index in [9.17, 15) is 9.90 Å². The van der Waals surface area contributed by atoms with Crippen LogP contribution in [-0.4, -0.2) is 16.2 Å². The van der Waals surface area contributed by atoms with Gasteiger partial charge in [-0.25, -0.2) is 0 Å². The second-order valence-electron chi connectivity index (χ2n) is 5.59. The molecular formula is C14H20O3. The van der Waals surface area contributed by atoms with Crippen LogP contribution in [0.4, 0.5) is 0 Å². The molecule has 0 spiro atoms. The van der Waals surface area contributed by atoms with Crippen LogP contribution in [0.15, 0.2) is 18.2 Å². The molecule has 94 valence electrons. The number of hydrogen-bond donors (Lipinski definition) is 2. The minimum atomic E-state index is -0.842. The average molecular weight is 236 g/mol. The number of carbonyl (C=O) groups is 1. The lowest BCUT2D eigenvalue weighted by Gasteiger charge is -2.18. The van der Waals surface area contributed by atoms with Crippen LogP contribution in [0.25, 0.3) is 0 Å². The molecule has 3 nitrogen and oxygen atoms in total. The molecule has 0 radical (unpaired) electrons. The summed E-state index contributed by atoms with van der Waals surface area (Å²) in [4.78, 5) is 10.5. The molecule has 0 fully saturated rings. The number of rotatable bonds is 4. The van der Waals surface area contributed by atoms with E-state index >= 15 is 0 Å². The van der Waals surface area contributed by atoms with Crippen molar-refractivity contribution in [3.8, 4) is 5.75 Å². The molecule has 0 saturated carbocycles. The van der Waals surface area contributed by atoms with Gasteiger partial charge < -0.3 is 10.2 Å². The topological polar surface area (TPSA) is 57.5 Å². The third-order valence-electron chi connectivity index (χ3n) is 2.49. The predicted molar refractivity (Wildman–Crippen MR) is 67.2 cm³/mol. The summed E-state index contributed by atoms with van der Waals surface area (Å²) < 4.78 is 0. The number of phenols is 1. The first kappa shape index (κ1) is 13.6. The average Bonchev–Trinajstić information content (AvgIpc) is 2.16. The van der Waals surface area contributed by atoms with Crippen LogP contribution < -0.4 is 0 Å². The minimum absolute atomic E-state index is 0.0481. The molecule has 0 aliphatic rings. The van der Waals surface area contributed by atoms with Gasteiger partial charge in [0.05, 0.1) is 0 Å². The van der Waals surface area contributed by atoms with Crippen LogP contribution in [0.2, 0.25) is 0 Å². The van der Waals surface area contributed by atoms with Gasteiger partial charge in [-0.1, -0.05) is 32.9 Å². The highest BCUT2D eigenvalue weighted by molar-refractivity contribution is 5.67. The molecule has 1 aromatic rings. The molecule has 2 N–H and O–H groups in total. The summed E-state index contributed by atoms with van der Waals surface area (Å²) in [6.45, 7) is 6.45. The lowest BCUT2D eigenvalue weighted by Crippen LogP contribution is -2.09. The first-order chi connectivity index (χ1) is 7.78. The van der Waals surface area contributed by atoms with E-state index in [1.54, 1.807) is 6.07 Å². The maximum atomic E-state index is 10.5. The number of aromatic hydroxyl groups is 1. The highest BCUT2D eigenvalue weighted by Gasteiger charge is 2.13. The van der Waals surface area contributed by atoms with E-state index < -0.39 is 5.97 Å². The van der Waals surface area contributed by atoms with Gasteiger partial charge in [0.2, 0.25) is 0 Å². The van der Waals surface area contributed by atoms with E-state index in [1.165, 1.54) is 0 Å². The Hall–Kier alpha value is -1.51. The fraction of sp³-hybridized carbons (Fsp3) is 0.500. The largest absolute Gasteiger partial charge is 0.508 e. The maximum Gasteiger partial charge on any atom is 0.303 e. The normalized spacial score (nSPS) is 11.5. The third kappa shape index (κ3) is 4.89. The summed E-state index contributed by atoms with van der Waals surface area (Å²) in [7, 11) is 0. The fourth-order valence-electron chi connectivity index (χ4n) is 1.80. The van der Waals surface area contributed by atoms with Crippen LogP contribution in [-0.2, 0) is 17.6 Å². The van der Waals surface area contributed by atoms with Crippen molar-refractivity contribution in [1.29, 1.82) is 0 Å². The zero-order valence-electron chi connectivity index (χ0n) is 10.7. The summed E-state index contributed by atoms with van der Waals surface area (Å²) in [6, 6.07) is 5.45. The zero-order valence-corrected chi connectivity index (χ0v) is 10.7. The molecule has 17 heavy (non-hydrogen) atoms.